The lowest BCUT2D eigenvalue weighted by Crippen LogP contribution is -2.64. The predicted octanol–water partition coefficient (Wildman–Crippen LogP) is 8.26. The summed E-state index contributed by atoms with van der Waals surface area (Å²) in [5, 5.41) is 0.914. The first-order valence-electron chi connectivity index (χ1n) is 15.1. The van der Waals surface area contributed by atoms with Crippen molar-refractivity contribution in [2.45, 2.75) is 131 Å². The van der Waals surface area contributed by atoms with Gasteiger partial charge in [0.15, 0.2) is 0 Å². The minimum Gasteiger partial charge on any atom is -0.322 e. The van der Waals surface area contributed by atoms with Crippen molar-refractivity contribution in [3.63, 3.8) is 0 Å². The molecule has 12 bridgehead atoms. The molecule has 0 atom stereocenters. The van der Waals surface area contributed by atoms with Crippen LogP contribution in [0.25, 0.3) is 0 Å². The predicted molar refractivity (Wildman–Crippen MR) is 130 cm³/mol. The van der Waals surface area contributed by atoms with Gasteiger partial charge >= 0.3 is 0 Å². The SMILES string of the molecule is O=P(C12CC3CC(CC(C3)C1)C2)(C12CC3CC(CC(C3)C1)C2)C12CC3CC(CC(C3)C1)C2. The molecule has 32 heavy (non-hydrogen) atoms. The normalized spacial score (nSPS) is 64.9. The van der Waals surface area contributed by atoms with Gasteiger partial charge in [-0.05, 0) is 169 Å². The maximum absolute atomic E-state index is 17.0. The Morgan fingerprint density at radius 2 is 0.500 bits per heavy atom. The van der Waals surface area contributed by atoms with Crippen LogP contribution in [0.15, 0.2) is 0 Å². The summed E-state index contributed by atoms with van der Waals surface area (Å²) in [4.78, 5) is 0. The molecule has 12 aliphatic carbocycles. The van der Waals surface area contributed by atoms with Crippen LogP contribution in [0.4, 0.5) is 0 Å². The molecule has 0 aromatic rings. The molecule has 0 unspecified atom stereocenters. The van der Waals surface area contributed by atoms with Gasteiger partial charge in [-0.3, -0.25) is 0 Å². The third-order valence-electron chi connectivity index (χ3n) is 14.0. The van der Waals surface area contributed by atoms with Gasteiger partial charge in [-0.1, -0.05) is 0 Å². The lowest BCUT2D eigenvalue weighted by atomic mass is 9.54. The third-order valence-corrected chi connectivity index (χ3v) is 19.7. The van der Waals surface area contributed by atoms with Gasteiger partial charge in [0.2, 0.25) is 0 Å². The van der Waals surface area contributed by atoms with Gasteiger partial charge < -0.3 is 4.57 Å². The second-order valence-corrected chi connectivity index (χ2v) is 20.1. The number of hydrogen-bond acceptors (Lipinski definition) is 1. The van der Waals surface area contributed by atoms with Crippen molar-refractivity contribution in [3.8, 4) is 0 Å². The molecule has 0 amide bonds. The summed E-state index contributed by atoms with van der Waals surface area (Å²) < 4.78 is 17.0. The Balaban J connectivity index is 1.26. The molecule has 0 aliphatic heterocycles. The topological polar surface area (TPSA) is 17.1 Å². The maximum Gasteiger partial charge on any atom is 0.105 e. The van der Waals surface area contributed by atoms with E-state index in [1.165, 1.54) is 116 Å². The quantitative estimate of drug-likeness (QED) is 0.394. The van der Waals surface area contributed by atoms with E-state index in [-0.39, 0.29) is 0 Å². The van der Waals surface area contributed by atoms with E-state index in [1.54, 1.807) is 0 Å². The van der Waals surface area contributed by atoms with Crippen LogP contribution in [0.5, 0.6) is 0 Å². The zero-order chi connectivity index (χ0) is 20.9. The molecule has 0 radical (unpaired) electrons. The van der Waals surface area contributed by atoms with Gasteiger partial charge in [0, 0.05) is 15.5 Å². The molecule has 0 spiro atoms. The summed E-state index contributed by atoms with van der Waals surface area (Å²) in [6.45, 7) is 0. The van der Waals surface area contributed by atoms with Crippen LogP contribution in [-0.2, 0) is 4.57 Å². The molecule has 0 aromatic heterocycles. The van der Waals surface area contributed by atoms with Crippen LogP contribution < -0.4 is 0 Å². The van der Waals surface area contributed by atoms with Gasteiger partial charge in [0.05, 0.1) is 0 Å². The van der Waals surface area contributed by atoms with E-state index in [0.29, 0.717) is 15.5 Å². The second kappa shape index (κ2) is 5.95. The van der Waals surface area contributed by atoms with E-state index in [4.69, 9.17) is 0 Å². The fourth-order valence-corrected chi connectivity index (χ4v) is 22.5. The van der Waals surface area contributed by atoms with E-state index in [0.717, 1.165) is 53.3 Å². The molecule has 12 aliphatic rings. The summed E-state index contributed by atoms with van der Waals surface area (Å²) in [5.74, 6) is 8.60. The van der Waals surface area contributed by atoms with Crippen LogP contribution in [0.1, 0.15) is 116 Å². The molecule has 1 nitrogen and oxygen atoms in total. The lowest BCUT2D eigenvalue weighted by Gasteiger charge is -2.73. The molecule has 0 saturated heterocycles. The third kappa shape index (κ3) is 2.20. The van der Waals surface area contributed by atoms with E-state index in [9.17, 15) is 0 Å². The van der Waals surface area contributed by atoms with Crippen molar-refractivity contribution in [1.29, 1.82) is 0 Å². The fraction of sp³-hybridized carbons (Fsp3) is 1.00. The molecule has 0 aromatic carbocycles. The van der Waals surface area contributed by atoms with Gasteiger partial charge in [0.25, 0.3) is 0 Å². The molecule has 12 saturated carbocycles. The standard InChI is InChI=1S/C30H45OP/c31-32(28-10-19-1-20(11-28)3-21(2-19)12-28,29-13-22-4-23(14-29)6-24(5-22)15-29)30-16-25-7-26(17-30)9-27(8-25)18-30/h19-27H,1-18H2. The van der Waals surface area contributed by atoms with Crippen molar-refractivity contribution in [3.05, 3.63) is 0 Å². The largest absolute Gasteiger partial charge is 0.322 e. The molecule has 2 heteroatoms. The lowest BCUT2D eigenvalue weighted by molar-refractivity contribution is -0.00576. The first-order chi connectivity index (χ1) is 15.5. The molecule has 0 N–H and O–H groups in total. The summed E-state index contributed by atoms with van der Waals surface area (Å²) in [6, 6.07) is 0. The summed E-state index contributed by atoms with van der Waals surface area (Å²) in [5.41, 5.74) is 0. The Morgan fingerprint density at radius 1 is 0.344 bits per heavy atom. The number of hydrogen-bond donors (Lipinski definition) is 0. The monoisotopic (exact) mass is 452 g/mol. The summed E-state index contributed by atoms with van der Waals surface area (Å²) >= 11 is 0. The first kappa shape index (κ1) is 19.4. The Hall–Kier alpha value is 0.230. The van der Waals surface area contributed by atoms with Crippen molar-refractivity contribution in [2.24, 2.45) is 53.3 Å². The highest BCUT2D eigenvalue weighted by atomic mass is 31.2. The van der Waals surface area contributed by atoms with Crippen LogP contribution in [0.2, 0.25) is 0 Å². The van der Waals surface area contributed by atoms with Gasteiger partial charge in [0.1, 0.15) is 7.14 Å². The van der Waals surface area contributed by atoms with Crippen LogP contribution in [0, 0.1) is 53.3 Å². The van der Waals surface area contributed by atoms with E-state index in [2.05, 4.69) is 0 Å². The van der Waals surface area contributed by atoms with E-state index in [1.807, 2.05) is 0 Å². The first-order valence-corrected chi connectivity index (χ1v) is 16.8. The second-order valence-electron chi connectivity index (χ2n) is 16.0. The Labute approximate surface area is 196 Å². The fourth-order valence-electron chi connectivity index (χ4n) is 14.9. The molecular formula is C30H45OP. The molecular weight excluding hydrogens is 407 g/mol. The summed E-state index contributed by atoms with van der Waals surface area (Å²) in [6.07, 6.45) is 26.4. The minimum atomic E-state index is -2.32. The minimum absolute atomic E-state index is 0.305. The van der Waals surface area contributed by atoms with Crippen LogP contribution >= 0.6 is 7.14 Å². The van der Waals surface area contributed by atoms with Gasteiger partial charge in [-0.25, -0.2) is 0 Å². The molecule has 12 fully saturated rings. The van der Waals surface area contributed by atoms with Crippen molar-refractivity contribution >= 4 is 7.14 Å². The zero-order valence-corrected chi connectivity index (χ0v) is 21.2. The Morgan fingerprint density at radius 3 is 0.656 bits per heavy atom. The van der Waals surface area contributed by atoms with Crippen molar-refractivity contribution < 1.29 is 4.57 Å². The highest BCUT2D eigenvalue weighted by molar-refractivity contribution is 7.68. The van der Waals surface area contributed by atoms with E-state index >= 15 is 4.57 Å². The average molecular weight is 453 g/mol. The molecule has 0 heterocycles. The average Bonchev–Trinajstić information content (AvgIpc) is 2.70. The highest BCUT2D eigenvalue weighted by Crippen LogP contribution is 2.90. The van der Waals surface area contributed by atoms with Crippen LogP contribution in [-0.4, -0.2) is 15.5 Å². The molecule has 176 valence electrons. The van der Waals surface area contributed by atoms with E-state index < -0.39 is 7.14 Å². The summed E-state index contributed by atoms with van der Waals surface area (Å²) in [7, 11) is -2.32. The Bertz CT molecular complexity index is 679. The van der Waals surface area contributed by atoms with Gasteiger partial charge in [-0.15, -0.1) is 0 Å². The smallest absolute Gasteiger partial charge is 0.105 e. The van der Waals surface area contributed by atoms with Crippen LogP contribution in [0.3, 0.4) is 0 Å². The van der Waals surface area contributed by atoms with Crippen molar-refractivity contribution in [1.82, 2.24) is 0 Å². The Kier molecular flexibility index (Phi) is 3.61. The number of rotatable bonds is 3. The van der Waals surface area contributed by atoms with Crippen molar-refractivity contribution in [2.75, 3.05) is 0 Å². The zero-order valence-electron chi connectivity index (χ0n) is 20.3. The molecule has 12 rings (SSSR count). The van der Waals surface area contributed by atoms with Gasteiger partial charge in [-0.2, -0.15) is 0 Å². The maximum atomic E-state index is 17.0. The highest BCUT2D eigenvalue weighted by Gasteiger charge is 2.75.